The van der Waals surface area contributed by atoms with Gasteiger partial charge in [0.2, 0.25) is 5.91 Å². The number of hydrogen-bond acceptors (Lipinski definition) is 3. The van der Waals surface area contributed by atoms with E-state index in [0.717, 1.165) is 12.0 Å². The van der Waals surface area contributed by atoms with Crippen molar-refractivity contribution in [3.63, 3.8) is 0 Å². The Morgan fingerprint density at radius 1 is 1.00 bits per heavy atom. The highest BCUT2D eigenvalue weighted by atomic mass is 35.5. The summed E-state index contributed by atoms with van der Waals surface area (Å²) in [6.07, 6.45) is 1.22. The minimum absolute atomic E-state index is 0.120. The molecule has 2 aromatic rings. The van der Waals surface area contributed by atoms with Gasteiger partial charge in [0.05, 0.1) is 12.7 Å². The van der Waals surface area contributed by atoms with Gasteiger partial charge in [-0.2, -0.15) is 0 Å². The van der Waals surface area contributed by atoms with Crippen molar-refractivity contribution in [1.82, 2.24) is 9.80 Å². The predicted octanol–water partition coefficient (Wildman–Crippen LogP) is 3.27. The van der Waals surface area contributed by atoms with Crippen LogP contribution in [-0.4, -0.2) is 54.9 Å². The van der Waals surface area contributed by atoms with Crippen LogP contribution in [0.4, 0.5) is 0 Å². The number of carbonyl (C=O) groups is 2. The smallest absolute Gasteiger partial charge is 0.257 e. The third kappa shape index (κ3) is 4.80. The van der Waals surface area contributed by atoms with Gasteiger partial charge in [0.15, 0.2) is 0 Å². The molecule has 27 heavy (non-hydrogen) atoms. The van der Waals surface area contributed by atoms with Crippen LogP contribution in [0, 0.1) is 0 Å². The van der Waals surface area contributed by atoms with E-state index < -0.39 is 0 Å². The van der Waals surface area contributed by atoms with Gasteiger partial charge in [-0.1, -0.05) is 41.9 Å². The number of halogens is 1. The maximum Gasteiger partial charge on any atom is 0.257 e. The zero-order valence-electron chi connectivity index (χ0n) is 15.4. The van der Waals surface area contributed by atoms with Gasteiger partial charge in [0.25, 0.3) is 5.91 Å². The van der Waals surface area contributed by atoms with Gasteiger partial charge in [-0.3, -0.25) is 9.59 Å². The topological polar surface area (TPSA) is 49.9 Å². The Morgan fingerprint density at radius 2 is 1.67 bits per heavy atom. The molecule has 0 spiro atoms. The third-order valence-electron chi connectivity index (χ3n) is 4.78. The van der Waals surface area contributed by atoms with Gasteiger partial charge in [0.1, 0.15) is 5.75 Å². The largest absolute Gasteiger partial charge is 0.496 e. The molecule has 0 unspecified atom stereocenters. The number of hydrogen-bond donors (Lipinski definition) is 0. The lowest BCUT2D eigenvalue weighted by molar-refractivity contribution is -0.132. The Hall–Kier alpha value is -2.53. The molecule has 0 atom stereocenters. The minimum atomic E-state index is -0.120. The Labute approximate surface area is 164 Å². The fourth-order valence-corrected chi connectivity index (χ4v) is 3.40. The number of ether oxygens (including phenoxy) is 1. The van der Waals surface area contributed by atoms with Crippen LogP contribution >= 0.6 is 11.6 Å². The molecule has 0 radical (unpaired) electrons. The van der Waals surface area contributed by atoms with Gasteiger partial charge in [0, 0.05) is 37.6 Å². The summed E-state index contributed by atoms with van der Waals surface area (Å²) in [5.41, 5.74) is 1.61. The van der Waals surface area contributed by atoms with E-state index in [1.807, 2.05) is 35.2 Å². The summed E-state index contributed by atoms with van der Waals surface area (Å²) < 4.78 is 5.27. The van der Waals surface area contributed by atoms with Crippen molar-refractivity contribution >= 4 is 23.4 Å². The monoisotopic (exact) mass is 386 g/mol. The molecule has 0 N–H and O–H groups in total. The van der Waals surface area contributed by atoms with Crippen molar-refractivity contribution in [3.05, 3.63) is 64.7 Å². The minimum Gasteiger partial charge on any atom is -0.496 e. The van der Waals surface area contributed by atoms with Crippen LogP contribution in [0.1, 0.15) is 22.3 Å². The maximum absolute atomic E-state index is 12.8. The van der Waals surface area contributed by atoms with Gasteiger partial charge in [-0.05, 0) is 30.2 Å². The molecule has 6 heteroatoms. The van der Waals surface area contributed by atoms with Crippen LogP contribution in [0.5, 0.6) is 5.75 Å². The second-order valence-electron chi connectivity index (χ2n) is 6.50. The lowest BCUT2D eigenvalue weighted by Gasteiger charge is -2.35. The van der Waals surface area contributed by atoms with Gasteiger partial charge in [-0.15, -0.1) is 0 Å². The molecule has 1 aliphatic heterocycles. The number of aryl methyl sites for hydroxylation is 1. The number of carbonyl (C=O) groups excluding carboxylic acids is 2. The summed E-state index contributed by atoms with van der Waals surface area (Å²) in [6.45, 7) is 2.10. The van der Waals surface area contributed by atoms with Crippen molar-refractivity contribution < 1.29 is 14.3 Å². The van der Waals surface area contributed by atoms with Gasteiger partial charge >= 0.3 is 0 Å². The normalized spacial score (nSPS) is 14.1. The van der Waals surface area contributed by atoms with Gasteiger partial charge in [-0.25, -0.2) is 0 Å². The van der Waals surface area contributed by atoms with Crippen LogP contribution in [0.2, 0.25) is 5.02 Å². The fourth-order valence-electron chi connectivity index (χ4n) is 3.23. The number of amides is 2. The molecule has 1 heterocycles. The summed E-state index contributed by atoms with van der Waals surface area (Å²) >= 11 is 6.03. The zero-order chi connectivity index (χ0) is 19.2. The van der Waals surface area contributed by atoms with Crippen molar-refractivity contribution in [2.75, 3.05) is 33.3 Å². The van der Waals surface area contributed by atoms with E-state index in [1.54, 1.807) is 23.1 Å². The predicted molar refractivity (Wildman–Crippen MR) is 105 cm³/mol. The molecule has 0 aromatic heterocycles. The Morgan fingerprint density at radius 3 is 2.33 bits per heavy atom. The average Bonchev–Trinajstić information content (AvgIpc) is 2.72. The lowest BCUT2D eigenvalue weighted by atomic mass is 10.1. The van der Waals surface area contributed by atoms with Crippen LogP contribution in [0.25, 0.3) is 0 Å². The molecule has 3 rings (SSSR count). The molecule has 5 nitrogen and oxygen atoms in total. The molecule has 0 saturated carbocycles. The van der Waals surface area contributed by atoms with E-state index in [2.05, 4.69) is 0 Å². The molecule has 1 aliphatic rings. The molecule has 0 aliphatic carbocycles. The first kappa shape index (κ1) is 19.2. The molecule has 0 bridgehead atoms. The molecule has 142 valence electrons. The van der Waals surface area contributed by atoms with Crippen molar-refractivity contribution in [3.8, 4) is 5.75 Å². The second kappa shape index (κ2) is 8.91. The molecule has 1 fully saturated rings. The van der Waals surface area contributed by atoms with Crippen LogP contribution in [0.15, 0.2) is 48.5 Å². The molecule has 2 amide bonds. The number of rotatable bonds is 5. The fraction of sp³-hybridized carbons (Fsp3) is 0.333. The van der Waals surface area contributed by atoms with Crippen molar-refractivity contribution in [2.45, 2.75) is 12.8 Å². The summed E-state index contributed by atoms with van der Waals surface area (Å²) in [6, 6.07) is 15.0. The summed E-state index contributed by atoms with van der Waals surface area (Å²) in [7, 11) is 1.53. The van der Waals surface area contributed by atoms with Crippen LogP contribution < -0.4 is 4.74 Å². The number of piperazine rings is 1. The quantitative estimate of drug-likeness (QED) is 0.792. The molecular weight excluding hydrogens is 364 g/mol. The lowest BCUT2D eigenvalue weighted by Crippen LogP contribution is -2.50. The molecule has 1 saturated heterocycles. The highest BCUT2D eigenvalue weighted by molar-refractivity contribution is 6.31. The second-order valence-corrected chi connectivity index (χ2v) is 6.94. The SMILES string of the molecule is COc1ccc(Cl)cc1C(=O)N1CCN(C(=O)CCc2ccccc2)CC1. The Kier molecular flexibility index (Phi) is 6.35. The third-order valence-corrected chi connectivity index (χ3v) is 5.02. The van der Waals surface area contributed by atoms with E-state index in [-0.39, 0.29) is 11.8 Å². The van der Waals surface area contributed by atoms with E-state index >= 15 is 0 Å². The first-order valence-corrected chi connectivity index (χ1v) is 9.41. The van der Waals surface area contributed by atoms with Crippen LogP contribution in [-0.2, 0) is 11.2 Å². The first-order chi connectivity index (χ1) is 13.1. The van der Waals surface area contributed by atoms with E-state index in [9.17, 15) is 9.59 Å². The Bertz CT molecular complexity index is 802. The highest BCUT2D eigenvalue weighted by Crippen LogP contribution is 2.24. The van der Waals surface area contributed by atoms with E-state index in [0.29, 0.717) is 48.9 Å². The number of nitrogens with zero attached hydrogens (tertiary/aromatic N) is 2. The summed E-state index contributed by atoms with van der Waals surface area (Å²) in [5.74, 6) is 0.516. The summed E-state index contributed by atoms with van der Waals surface area (Å²) in [4.78, 5) is 28.8. The van der Waals surface area contributed by atoms with Gasteiger partial charge < -0.3 is 14.5 Å². The van der Waals surface area contributed by atoms with E-state index in [4.69, 9.17) is 16.3 Å². The van der Waals surface area contributed by atoms with Crippen molar-refractivity contribution in [2.24, 2.45) is 0 Å². The highest BCUT2D eigenvalue weighted by Gasteiger charge is 2.26. The molecular formula is C21H23ClN2O3. The number of benzene rings is 2. The summed E-state index contributed by atoms with van der Waals surface area (Å²) in [5, 5.41) is 0.494. The Balaban J connectivity index is 1.54. The first-order valence-electron chi connectivity index (χ1n) is 9.03. The van der Waals surface area contributed by atoms with E-state index in [1.165, 1.54) is 7.11 Å². The standard InChI is InChI=1S/C21H23ClN2O3/c1-27-19-9-8-17(22)15-18(19)21(26)24-13-11-23(12-14-24)20(25)10-7-16-5-3-2-4-6-16/h2-6,8-9,15H,7,10-14H2,1H3. The zero-order valence-corrected chi connectivity index (χ0v) is 16.1. The van der Waals surface area contributed by atoms with Crippen LogP contribution in [0.3, 0.4) is 0 Å². The van der Waals surface area contributed by atoms with Crippen molar-refractivity contribution in [1.29, 1.82) is 0 Å². The molecule has 2 aromatic carbocycles. The number of methoxy groups -OCH3 is 1. The maximum atomic E-state index is 12.8. The average molecular weight is 387 g/mol.